The number of rotatable bonds is 7. The van der Waals surface area contributed by atoms with E-state index in [4.69, 9.17) is 9.47 Å². The number of hydrogen-bond acceptors (Lipinski definition) is 4. The van der Waals surface area contributed by atoms with Crippen molar-refractivity contribution in [1.29, 1.82) is 0 Å². The van der Waals surface area contributed by atoms with Crippen molar-refractivity contribution < 1.29 is 19.1 Å². The van der Waals surface area contributed by atoms with Gasteiger partial charge in [-0.15, -0.1) is 0 Å². The molecule has 1 aliphatic heterocycles. The van der Waals surface area contributed by atoms with Gasteiger partial charge in [-0.2, -0.15) is 0 Å². The van der Waals surface area contributed by atoms with Crippen molar-refractivity contribution >= 4 is 27.9 Å². The van der Waals surface area contributed by atoms with E-state index in [0.717, 1.165) is 22.0 Å². The predicted octanol–water partition coefficient (Wildman–Crippen LogP) is 4.61. The highest BCUT2D eigenvalue weighted by Crippen LogP contribution is 2.33. The molecule has 1 atom stereocenters. The first-order chi connectivity index (χ1) is 14.0. The van der Waals surface area contributed by atoms with Gasteiger partial charge in [-0.25, -0.2) is 9.59 Å². The van der Waals surface area contributed by atoms with E-state index in [1.807, 2.05) is 55.5 Å². The number of allylic oxidation sites excluding steroid dienone is 1. The Morgan fingerprint density at radius 3 is 2.62 bits per heavy atom. The smallest absolute Gasteiger partial charge is 0.338 e. The Bertz CT molecular complexity index is 928. The van der Waals surface area contributed by atoms with Crippen LogP contribution in [-0.4, -0.2) is 18.6 Å². The third-order valence-electron chi connectivity index (χ3n) is 4.45. The molecule has 2 aromatic carbocycles. The van der Waals surface area contributed by atoms with Crippen molar-refractivity contribution in [3.8, 4) is 5.75 Å². The number of amides is 2. The van der Waals surface area contributed by atoms with Gasteiger partial charge in [0.2, 0.25) is 0 Å². The molecule has 1 aliphatic rings. The molecule has 0 radical (unpaired) electrons. The minimum Gasteiger partial charge on any atom is -0.492 e. The number of halogens is 1. The maximum Gasteiger partial charge on any atom is 0.338 e. The summed E-state index contributed by atoms with van der Waals surface area (Å²) in [6.07, 6.45) is 0.901. The average molecular weight is 459 g/mol. The monoisotopic (exact) mass is 458 g/mol. The number of hydrogen-bond donors (Lipinski definition) is 2. The van der Waals surface area contributed by atoms with Gasteiger partial charge in [-0.3, -0.25) is 0 Å². The van der Waals surface area contributed by atoms with E-state index >= 15 is 0 Å². The number of ether oxygens (including phenoxy) is 2. The van der Waals surface area contributed by atoms with Gasteiger partial charge in [-0.1, -0.05) is 43.3 Å². The first-order valence-electron chi connectivity index (χ1n) is 9.41. The fourth-order valence-corrected chi connectivity index (χ4v) is 3.55. The quantitative estimate of drug-likeness (QED) is 0.593. The van der Waals surface area contributed by atoms with Gasteiger partial charge in [0.15, 0.2) is 0 Å². The van der Waals surface area contributed by atoms with E-state index in [1.165, 1.54) is 0 Å². The van der Waals surface area contributed by atoms with E-state index < -0.39 is 12.0 Å². The summed E-state index contributed by atoms with van der Waals surface area (Å²) < 4.78 is 11.9. The molecule has 0 aliphatic carbocycles. The lowest BCUT2D eigenvalue weighted by molar-refractivity contribution is -0.140. The van der Waals surface area contributed by atoms with Gasteiger partial charge < -0.3 is 20.1 Å². The lowest BCUT2D eigenvalue weighted by atomic mass is 9.95. The van der Waals surface area contributed by atoms with Crippen LogP contribution in [0.5, 0.6) is 5.75 Å². The SMILES string of the molecule is CCCOc1ccc(C2NC(=O)NC(C)=C2C(=O)OCc2ccccc2)cc1Br. The van der Waals surface area contributed by atoms with Crippen LogP contribution in [0.25, 0.3) is 0 Å². The van der Waals surface area contributed by atoms with Crippen LogP contribution in [0.15, 0.2) is 64.3 Å². The van der Waals surface area contributed by atoms with Crippen LogP contribution < -0.4 is 15.4 Å². The predicted molar refractivity (Wildman–Crippen MR) is 113 cm³/mol. The van der Waals surface area contributed by atoms with Crippen LogP contribution in [0.3, 0.4) is 0 Å². The third kappa shape index (κ3) is 5.17. The molecule has 0 bridgehead atoms. The first kappa shape index (κ1) is 20.9. The largest absolute Gasteiger partial charge is 0.492 e. The van der Waals surface area contributed by atoms with Crippen LogP contribution >= 0.6 is 15.9 Å². The van der Waals surface area contributed by atoms with Crippen molar-refractivity contribution in [3.63, 3.8) is 0 Å². The molecule has 2 amide bonds. The van der Waals surface area contributed by atoms with Crippen molar-refractivity contribution in [2.75, 3.05) is 6.61 Å². The standard InChI is InChI=1S/C22H23BrN2O4/c1-3-11-28-18-10-9-16(12-17(18)23)20-19(14(2)24-22(27)25-20)21(26)29-13-15-7-5-4-6-8-15/h4-10,12,20H,3,11,13H2,1-2H3,(H2,24,25,27). The van der Waals surface area contributed by atoms with E-state index in [-0.39, 0.29) is 12.6 Å². The summed E-state index contributed by atoms with van der Waals surface area (Å²) in [6.45, 7) is 4.50. The molecular weight excluding hydrogens is 436 g/mol. The molecule has 1 unspecified atom stereocenters. The molecule has 0 aromatic heterocycles. The normalized spacial score (nSPS) is 16.1. The summed E-state index contributed by atoms with van der Waals surface area (Å²) in [4.78, 5) is 24.9. The van der Waals surface area contributed by atoms with Gasteiger partial charge in [0.05, 0.1) is 22.7 Å². The summed E-state index contributed by atoms with van der Waals surface area (Å²) in [7, 11) is 0. The molecule has 152 valence electrons. The molecule has 0 spiro atoms. The molecule has 29 heavy (non-hydrogen) atoms. The van der Waals surface area contributed by atoms with Crippen molar-refractivity contribution in [2.24, 2.45) is 0 Å². The number of benzene rings is 2. The Hall–Kier alpha value is -2.80. The third-order valence-corrected chi connectivity index (χ3v) is 5.07. The van der Waals surface area contributed by atoms with Crippen LogP contribution in [0.2, 0.25) is 0 Å². The Morgan fingerprint density at radius 2 is 1.93 bits per heavy atom. The molecule has 0 saturated carbocycles. The average Bonchev–Trinajstić information content (AvgIpc) is 2.71. The maximum absolute atomic E-state index is 12.9. The zero-order chi connectivity index (χ0) is 20.8. The van der Waals surface area contributed by atoms with Crippen LogP contribution in [-0.2, 0) is 16.1 Å². The van der Waals surface area contributed by atoms with Crippen LogP contribution in [0, 0.1) is 0 Å². The summed E-state index contributed by atoms with van der Waals surface area (Å²) in [5.41, 5.74) is 2.49. The van der Waals surface area contributed by atoms with Gasteiger partial charge in [0, 0.05) is 5.70 Å². The summed E-state index contributed by atoms with van der Waals surface area (Å²) in [6, 6.07) is 14.0. The van der Waals surface area contributed by atoms with E-state index in [2.05, 4.69) is 26.6 Å². The van der Waals surface area contributed by atoms with Crippen molar-refractivity contribution in [2.45, 2.75) is 32.9 Å². The number of carbonyl (C=O) groups excluding carboxylic acids is 2. The Kier molecular flexibility index (Phi) is 6.93. The van der Waals surface area contributed by atoms with Gasteiger partial charge in [0.1, 0.15) is 12.4 Å². The second-order valence-electron chi connectivity index (χ2n) is 6.67. The second-order valence-corrected chi connectivity index (χ2v) is 7.52. The number of nitrogens with one attached hydrogen (secondary N) is 2. The van der Waals surface area contributed by atoms with E-state index in [1.54, 1.807) is 6.92 Å². The minimum atomic E-state index is -0.622. The van der Waals surface area contributed by atoms with Gasteiger partial charge >= 0.3 is 12.0 Å². The van der Waals surface area contributed by atoms with Crippen LogP contribution in [0.4, 0.5) is 4.79 Å². The minimum absolute atomic E-state index is 0.157. The lowest BCUT2D eigenvalue weighted by Gasteiger charge is -2.28. The fourth-order valence-electron chi connectivity index (χ4n) is 3.04. The Balaban J connectivity index is 1.84. The van der Waals surface area contributed by atoms with Crippen LogP contribution in [0.1, 0.15) is 37.4 Å². The van der Waals surface area contributed by atoms with Gasteiger partial charge in [0.25, 0.3) is 0 Å². The number of esters is 1. The highest BCUT2D eigenvalue weighted by atomic mass is 79.9. The highest BCUT2D eigenvalue weighted by molar-refractivity contribution is 9.10. The molecule has 0 saturated heterocycles. The number of carbonyl (C=O) groups is 2. The van der Waals surface area contributed by atoms with E-state index in [0.29, 0.717) is 23.6 Å². The topological polar surface area (TPSA) is 76.7 Å². The van der Waals surface area contributed by atoms with E-state index in [9.17, 15) is 9.59 Å². The molecule has 7 heteroatoms. The summed E-state index contributed by atoms with van der Waals surface area (Å²) in [5, 5.41) is 5.47. The maximum atomic E-state index is 12.9. The molecule has 0 fully saturated rings. The van der Waals surface area contributed by atoms with Crippen molar-refractivity contribution in [3.05, 3.63) is 75.4 Å². The highest BCUT2D eigenvalue weighted by Gasteiger charge is 2.32. The summed E-state index contributed by atoms with van der Waals surface area (Å²) in [5.74, 6) is 0.232. The molecule has 6 nitrogen and oxygen atoms in total. The molecular formula is C22H23BrN2O4. The molecule has 2 N–H and O–H groups in total. The fraction of sp³-hybridized carbons (Fsp3) is 0.273. The lowest BCUT2D eigenvalue weighted by Crippen LogP contribution is -2.45. The zero-order valence-electron chi connectivity index (χ0n) is 16.3. The zero-order valence-corrected chi connectivity index (χ0v) is 17.9. The molecule has 3 rings (SSSR count). The molecule has 1 heterocycles. The van der Waals surface area contributed by atoms with Crippen molar-refractivity contribution in [1.82, 2.24) is 10.6 Å². The number of urea groups is 1. The second kappa shape index (κ2) is 9.60. The Labute approximate surface area is 178 Å². The Morgan fingerprint density at radius 1 is 1.17 bits per heavy atom. The first-order valence-corrected chi connectivity index (χ1v) is 10.2. The molecule has 2 aromatic rings. The van der Waals surface area contributed by atoms with Gasteiger partial charge in [-0.05, 0) is 52.5 Å². The summed E-state index contributed by atoms with van der Waals surface area (Å²) >= 11 is 3.51.